The van der Waals surface area contributed by atoms with Gasteiger partial charge in [0, 0.05) is 67.4 Å². The van der Waals surface area contributed by atoms with Gasteiger partial charge in [0.05, 0.1) is 24.2 Å². The number of aliphatic imine (C=N–C) groups is 1. The van der Waals surface area contributed by atoms with Crippen molar-refractivity contribution in [2.75, 3.05) is 56.9 Å². The average Bonchev–Trinajstić information content (AvgIpc) is 3.09. The number of nitrogens with one attached hydrogen (secondary N) is 3. The van der Waals surface area contributed by atoms with Crippen molar-refractivity contribution in [3.8, 4) is 5.75 Å². The molecule has 1 aromatic carbocycles. The summed E-state index contributed by atoms with van der Waals surface area (Å²) in [5.74, 6) is 0.829. The second-order valence-electron chi connectivity index (χ2n) is 11.1. The highest BCUT2D eigenvalue weighted by atomic mass is 16.5. The molecule has 0 unspecified atom stereocenters. The highest BCUT2D eigenvalue weighted by Crippen LogP contribution is 2.37. The van der Waals surface area contributed by atoms with E-state index in [2.05, 4.69) is 52.8 Å². The summed E-state index contributed by atoms with van der Waals surface area (Å²) in [6.07, 6.45) is 12.3. The first-order valence-corrected chi connectivity index (χ1v) is 16.8. The quantitative estimate of drug-likeness (QED) is 0.125. The van der Waals surface area contributed by atoms with E-state index in [1.807, 2.05) is 60.1 Å². The van der Waals surface area contributed by atoms with Gasteiger partial charge in [-0.1, -0.05) is 72.6 Å². The molecule has 266 valence electrons. The number of unbranched alkanes of at least 4 members (excludes halogenated alkanes) is 2. The van der Waals surface area contributed by atoms with Crippen LogP contribution in [-0.2, 0) is 11.8 Å². The van der Waals surface area contributed by atoms with E-state index in [4.69, 9.17) is 10.1 Å². The lowest BCUT2D eigenvalue weighted by molar-refractivity contribution is -0.111. The second kappa shape index (κ2) is 23.8. The molecule has 0 spiro atoms. The number of hydrogen-bond acceptors (Lipinski definition) is 7. The highest BCUT2D eigenvalue weighted by Gasteiger charge is 2.16. The molecule has 0 fully saturated rings. The van der Waals surface area contributed by atoms with E-state index in [-0.39, 0.29) is 11.5 Å². The molecule has 10 nitrogen and oxygen atoms in total. The number of carbonyl (C=O) groups excluding carboxylic acids is 1. The SMILES string of the molecule is C=CC(=O)Nc1cc(NC(C)=N/C=c2/cc(/C(C=N)=C/C)c(=O)n(C)/c2=C\CCC)c(OC)cc1N(C)CCN(C)C.CC.CCCC. The number of rotatable bonds is 14. The van der Waals surface area contributed by atoms with E-state index in [0.29, 0.717) is 34.1 Å². The third-order valence-electron chi connectivity index (χ3n) is 7.16. The number of likely N-dealkylation sites (N-methyl/N-ethyl adjacent to an activating group) is 2. The van der Waals surface area contributed by atoms with E-state index in [1.54, 1.807) is 44.0 Å². The molecule has 10 heteroatoms. The molecule has 0 aliphatic carbocycles. The Bertz CT molecular complexity index is 1570. The molecule has 0 aliphatic rings. The first kappa shape index (κ1) is 43.6. The number of amides is 1. The Labute approximate surface area is 289 Å². The molecule has 3 N–H and O–H groups in total. The van der Waals surface area contributed by atoms with E-state index in [0.717, 1.165) is 42.2 Å². The predicted octanol–water partition coefficient (Wildman–Crippen LogP) is 6.25. The number of hydrogen-bond donors (Lipinski definition) is 3. The Balaban J connectivity index is 0.00000341. The minimum absolute atomic E-state index is 0.167. The molecule has 0 saturated heterocycles. The lowest BCUT2D eigenvalue weighted by atomic mass is 10.1. The Morgan fingerprint density at radius 1 is 1.04 bits per heavy atom. The summed E-state index contributed by atoms with van der Waals surface area (Å²) in [5.41, 5.74) is 2.84. The van der Waals surface area contributed by atoms with Gasteiger partial charge in [0.15, 0.2) is 0 Å². The van der Waals surface area contributed by atoms with E-state index < -0.39 is 0 Å². The summed E-state index contributed by atoms with van der Waals surface area (Å²) in [4.78, 5) is 34.1. The zero-order valence-corrected chi connectivity index (χ0v) is 31.6. The first-order valence-electron chi connectivity index (χ1n) is 16.8. The minimum Gasteiger partial charge on any atom is -0.494 e. The summed E-state index contributed by atoms with van der Waals surface area (Å²) in [7, 11) is 9.30. The Morgan fingerprint density at radius 3 is 2.19 bits per heavy atom. The van der Waals surface area contributed by atoms with Crippen LogP contribution in [0.1, 0.15) is 79.7 Å². The summed E-state index contributed by atoms with van der Waals surface area (Å²) < 4.78 is 7.31. The standard InChI is InChI=1S/C32H45N7O3.C4H10.C2H6/c1-10-13-14-28-24(17-25(23(11-2)20-33)32(41)39(28)8)21-34-22(4)35-27-18-26(36-31(40)12-3)29(19-30(27)42-9)38(7)16-15-37(5)6;1-3-4-2;1-2/h11-12,14,17-21,33H,3,10,13,15-16H2,1-2,4-9H3,(H,34,35)(H,36,40);3-4H2,1-2H3;1-2H3/b23-11+,24-21-,28-14-,33-20?;;. The van der Waals surface area contributed by atoms with Crippen molar-refractivity contribution in [1.82, 2.24) is 9.47 Å². The van der Waals surface area contributed by atoms with Gasteiger partial charge >= 0.3 is 0 Å². The molecule has 0 atom stereocenters. The van der Waals surface area contributed by atoms with Crippen molar-refractivity contribution >= 4 is 52.9 Å². The number of aromatic nitrogens is 1. The number of pyridine rings is 1. The fourth-order valence-corrected chi connectivity index (χ4v) is 4.24. The van der Waals surface area contributed by atoms with Crippen LogP contribution in [0, 0.1) is 5.41 Å². The summed E-state index contributed by atoms with van der Waals surface area (Å²) in [5, 5.41) is 15.5. The van der Waals surface area contributed by atoms with Crippen LogP contribution in [0.15, 0.2) is 46.7 Å². The maximum absolute atomic E-state index is 13.1. The molecule has 0 radical (unpaired) electrons. The molecule has 1 heterocycles. The van der Waals surface area contributed by atoms with Crippen LogP contribution in [0.3, 0.4) is 0 Å². The topological polar surface area (TPSA) is 115 Å². The molecule has 0 saturated carbocycles. The summed E-state index contributed by atoms with van der Waals surface area (Å²) in [6.45, 7) is 19.2. The van der Waals surface area contributed by atoms with Gasteiger partial charge in [0.25, 0.3) is 5.56 Å². The number of allylic oxidation sites excluding steroid dienone is 2. The molecular formula is C38H61N7O3. The van der Waals surface area contributed by atoms with Gasteiger partial charge in [0.2, 0.25) is 5.91 Å². The lowest BCUT2D eigenvalue weighted by Crippen LogP contribution is -2.43. The molecule has 0 bridgehead atoms. The van der Waals surface area contributed by atoms with Crippen molar-refractivity contribution < 1.29 is 9.53 Å². The van der Waals surface area contributed by atoms with Crippen LogP contribution < -0.4 is 36.4 Å². The predicted molar refractivity (Wildman–Crippen MR) is 210 cm³/mol. The zero-order valence-electron chi connectivity index (χ0n) is 31.6. The van der Waals surface area contributed by atoms with Gasteiger partial charge in [0.1, 0.15) is 11.6 Å². The molecule has 1 amide bonds. The third kappa shape index (κ3) is 13.7. The number of anilines is 3. The van der Waals surface area contributed by atoms with Crippen LogP contribution in [0.25, 0.3) is 17.8 Å². The second-order valence-corrected chi connectivity index (χ2v) is 11.1. The Kier molecular flexibility index (Phi) is 21.6. The lowest BCUT2D eigenvalue weighted by Gasteiger charge is -2.26. The van der Waals surface area contributed by atoms with Crippen LogP contribution in [0.5, 0.6) is 5.75 Å². The maximum atomic E-state index is 13.1. The average molecular weight is 664 g/mol. The number of carbonyl (C=O) groups is 1. The van der Waals surface area contributed by atoms with Crippen molar-refractivity contribution in [3.63, 3.8) is 0 Å². The van der Waals surface area contributed by atoms with Crippen LogP contribution >= 0.6 is 0 Å². The van der Waals surface area contributed by atoms with Gasteiger partial charge in [-0.3, -0.25) is 9.59 Å². The molecule has 0 aliphatic heterocycles. The summed E-state index contributed by atoms with van der Waals surface area (Å²) in [6, 6.07) is 5.47. The highest BCUT2D eigenvalue weighted by molar-refractivity contribution is 6.08. The van der Waals surface area contributed by atoms with Crippen LogP contribution in [0.4, 0.5) is 17.1 Å². The van der Waals surface area contributed by atoms with E-state index >= 15 is 0 Å². The van der Waals surface area contributed by atoms with Crippen molar-refractivity contribution in [1.29, 1.82) is 5.41 Å². The van der Waals surface area contributed by atoms with Crippen molar-refractivity contribution in [2.24, 2.45) is 12.0 Å². The molecule has 2 aromatic rings. The van der Waals surface area contributed by atoms with Crippen molar-refractivity contribution in [2.45, 2.75) is 74.1 Å². The fourth-order valence-electron chi connectivity index (χ4n) is 4.24. The zero-order chi connectivity index (χ0) is 36.8. The maximum Gasteiger partial charge on any atom is 0.258 e. The first-order chi connectivity index (χ1) is 22.9. The van der Waals surface area contributed by atoms with Gasteiger partial charge < -0.3 is 35.1 Å². The van der Waals surface area contributed by atoms with Crippen LogP contribution in [0.2, 0.25) is 0 Å². The summed E-state index contributed by atoms with van der Waals surface area (Å²) >= 11 is 0. The van der Waals surface area contributed by atoms with Gasteiger partial charge in [-0.05, 0) is 52.6 Å². The van der Waals surface area contributed by atoms with Crippen LogP contribution in [-0.4, -0.2) is 68.8 Å². The molecule has 2 rings (SSSR count). The van der Waals surface area contributed by atoms with Crippen molar-refractivity contribution in [3.05, 3.63) is 63.4 Å². The Hall–Kier alpha value is -4.44. The molecular weight excluding hydrogens is 602 g/mol. The normalized spacial score (nSPS) is 12.0. The minimum atomic E-state index is -0.320. The van der Waals surface area contributed by atoms with E-state index in [1.165, 1.54) is 25.1 Å². The van der Waals surface area contributed by atoms with Gasteiger partial charge in [-0.2, -0.15) is 0 Å². The largest absolute Gasteiger partial charge is 0.494 e. The van der Waals surface area contributed by atoms with E-state index in [9.17, 15) is 9.59 Å². The van der Waals surface area contributed by atoms with Gasteiger partial charge in [-0.15, -0.1) is 0 Å². The Morgan fingerprint density at radius 2 is 1.69 bits per heavy atom. The number of amidine groups is 1. The number of methoxy groups -OCH3 is 1. The number of ether oxygens (including phenoxy) is 1. The smallest absolute Gasteiger partial charge is 0.258 e. The van der Waals surface area contributed by atoms with Gasteiger partial charge in [-0.25, -0.2) is 4.99 Å². The number of benzene rings is 1. The fraction of sp³-hybridized carbons (Fsp3) is 0.474. The third-order valence-corrected chi connectivity index (χ3v) is 7.16. The molecule has 48 heavy (non-hydrogen) atoms. The molecule has 1 aromatic heterocycles. The monoisotopic (exact) mass is 663 g/mol. The number of nitrogens with zero attached hydrogens (tertiary/aromatic N) is 4.